The molecule has 152 valence electrons. The van der Waals surface area contributed by atoms with Gasteiger partial charge in [0.25, 0.3) is 0 Å². The lowest BCUT2D eigenvalue weighted by Gasteiger charge is -2.10. The summed E-state index contributed by atoms with van der Waals surface area (Å²) in [7, 11) is 0. The van der Waals surface area contributed by atoms with Gasteiger partial charge in [0.1, 0.15) is 0 Å². The highest BCUT2D eigenvalue weighted by Gasteiger charge is 2.06. The second-order valence-corrected chi connectivity index (χ2v) is 5.90. The molecular weight excluding hydrogens is 394 g/mol. The SMILES string of the molecule is CC(=O)Nc1ccc(C#Cc2ccc(CNC(=O)NN)cc2)cc1NC(C)=O.Cl. The van der Waals surface area contributed by atoms with Crippen LogP contribution in [-0.2, 0) is 16.1 Å². The van der Waals surface area contributed by atoms with E-state index in [4.69, 9.17) is 5.84 Å². The molecule has 4 amide bonds. The summed E-state index contributed by atoms with van der Waals surface area (Å²) in [5, 5.41) is 7.94. The van der Waals surface area contributed by atoms with E-state index in [0.29, 0.717) is 23.5 Å². The van der Waals surface area contributed by atoms with Gasteiger partial charge in [-0.2, -0.15) is 0 Å². The Hall–Kier alpha value is -3.54. The van der Waals surface area contributed by atoms with Gasteiger partial charge in [0.05, 0.1) is 11.4 Å². The van der Waals surface area contributed by atoms with Crippen molar-refractivity contribution in [2.75, 3.05) is 10.6 Å². The average Bonchev–Trinajstić information content (AvgIpc) is 2.66. The van der Waals surface area contributed by atoms with E-state index in [0.717, 1.165) is 11.1 Å². The Morgan fingerprint density at radius 2 is 1.41 bits per heavy atom. The van der Waals surface area contributed by atoms with Crippen LogP contribution in [-0.4, -0.2) is 17.8 Å². The molecule has 6 N–H and O–H groups in total. The number of hydrogen-bond donors (Lipinski definition) is 5. The molecule has 0 saturated heterocycles. The maximum atomic E-state index is 11.4. The Morgan fingerprint density at radius 1 is 0.862 bits per heavy atom. The van der Waals surface area contributed by atoms with Gasteiger partial charge in [-0.25, -0.2) is 10.6 Å². The first kappa shape index (κ1) is 23.5. The van der Waals surface area contributed by atoms with Gasteiger partial charge in [0.2, 0.25) is 11.8 Å². The molecule has 0 spiro atoms. The number of urea groups is 1. The number of nitrogens with one attached hydrogen (secondary N) is 4. The van der Waals surface area contributed by atoms with Crippen LogP contribution in [0.4, 0.5) is 16.2 Å². The normalized spacial score (nSPS) is 9.21. The summed E-state index contributed by atoms with van der Waals surface area (Å²) in [4.78, 5) is 33.8. The van der Waals surface area contributed by atoms with E-state index in [2.05, 4.69) is 27.8 Å². The first-order chi connectivity index (χ1) is 13.4. The van der Waals surface area contributed by atoms with Crippen LogP contribution in [0.25, 0.3) is 0 Å². The molecule has 0 unspecified atom stereocenters. The third kappa shape index (κ3) is 7.92. The van der Waals surface area contributed by atoms with E-state index < -0.39 is 6.03 Å². The maximum absolute atomic E-state index is 11.4. The maximum Gasteiger partial charge on any atom is 0.329 e. The highest BCUT2D eigenvalue weighted by molar-refractivity contribution is 5.98. The molecule has 0 radical (unpaired) electrons. The van der Waals surface area contributed by atoms with E-state index >= 15 is 0 Å². The number of halogens is 1. The van der Waals surface area contributed by atoms with Gasteiger partial charge in [-0.3, -0.25) is 15.0 Å². The van der Waals surface area contributed by atoms with Crippen molar-refractivity contribution in [2.45, 2.75) is 20.4 Å². The molecule has 0 heterocycles. The number of nitrogens with two attached hydrogens (primary N) is 1. The van der Waals surface area contributed by atoms with Gasteiger partial charge in [-0.05, 0) is 35.9 Å². The lowest BCUT2D eigenvalue weighted by atomic mass is 10.1. The highest BCUT2D eigenvalue weighted by atomic mass is 35.5. The average molecular weight is 416 g/mol. The number of amides is 4. The summed E-state index contributed by atoms with van der Waals surface area (Å²) < 4.78 is 0. The minimum absolute atomic E-state index is 0. The van der Waals surface area contributed by atoms with Crippen LogP contribution in [0.2, 0.25) is 0 Å². The minimum Gasteiger partial charge on any atom is -0.333 e. The zero-order chi connectivity index (χ0) is 20.5. The Labute approximate surface area is 175 Å². The van der Waals surface area contributed by atoms with Gasteiger partial charge < -0.3 is 16.0 Å². The molecule has 0 aliphatic carbocycles. The van der Waals surface area contributed by atoms with Crippen molar-refractivity contribution in [1.82, 2.24) is 10.7 Å². The van der Waals surface area contributed by atoms with E-state index in [-0.39, 0.29) is 24.2 Å². The third-order valence-corrected chi connectivity index (χ3v) is 3.53. The Morgan fingerprint density at radius 3 is 2.00 bits per heavy atom. The first-order valence-electron chi connectivity index (χ1n) is 8.42. The first-order valence-corrected chi connectivity index (χ1v) is 8.42. The molecule has 9 heteroatoms. The summed E-state index contributed by atoms with van der Waals surface area (Å²) in [6.45, 7) is 3.14. The zero-order valence-corrected chi connectivity index (χ0v) is 16.8. The second-order valence-electron chi connectivity index (χ2n) is 5.90. The van der Waals surface area contributed by atoms with Gasteiger partial charge in [-0.1, -0.05) is 24.0 Å². The fourth-order valence-corrected chi connectivity index (χ4v) is 2.30. The van der Waals surface area contributed by atoms with Crippen LogP contribution in [0, 0.1) is 11.8 Å². The Bertz CT molecular complexity index is 949. The van der Waals surface area contributed by atoms with Crippen LogP contribution in [0.5, 0.6) is 0 Å². The lowest BCUT2D eigenvalue weighted by Crippen LogP contribution is -2.39. The van der Waals surface area contributed by atoms with E-state index in [1.165, 1.54) is 13.8 Å². The molecule has 0 aliphatic heterocycles. The number of hydrogen-bond acceptors (Lipinski definition) is 4. The predicted molar refractivity (Wildman–Crippen MR) is 114 cm³/mol. The molecule has 2 rings (SSSR count). The van der Waals surface area contributed by atoms with Gasteiger partial charge >= 0.3 is 6.03 Å². The molecule has 8 nitrogen and oxygen atoms in total. The van der Waals surface area contributed by atoms with E-state index in [1.807, 2.05) is 29.7 Å². The van der Waals surface area contributed by atoms with Crippen molar-refractivity contribution in [3.05, 3.63) is 59.2 Å². The molecule has 0 aromatic heterocycles. The number of hydrazine groups is 1. The van der Waals surface area contributed by atoms with Crippen molar-refractivity contribution in [1.29, 1.82) is 0 Å². The number of anilines is 2. The van der Waals surface area contributed by atoms with Crippen molar-refractivity contribution < 1.29 is 14.4 Å². The van der Waals surface area contributed by atoms with Crippen molar-refractivity contribution in [2.24, 2.45) is 5.84 Å². The van der Waals surface area contributed by atoms with Crippen LogP contribution in [0.15, 0.2) is 42.5 Å². The fraction of sp³-hybridized carbons (Fsp3) is 0.150. The third-order valence-electron chi connectivity index (χ3n) is 3.53. The highest BCUT2D eigenvalue weighted by Crippen LogP contribution is 2.23. The van der Waals surface area contributed by atoms with Gasteiger partial charge in [-0.15, -0.1) is 12.4 Å². The van der Waals surface area contributed by atoms with Crippen LogP contribution < -0.4 is 27.2 Å². The molecule has 0 aliphatic rings. The molecule has 2 aromatic rings. The topological polar surface area (TPSA) is 125 Å². The summed E-state index contributed by atoms with van der Waals surface area (Å²) in [5.41, 5.74) is 5.36. The fourth-order valence-electron chi connectivity index (χ4n) is 2.30. The number of benzene rings is 2. The Kier molecular flexibility index (Phi) is 9.19. The number of carbonyl (C=O) groups is 3. The summed E-state index contributed by atoms with van der Waals surface area (Å²) in [5.74, 6) is 10.6. The second kappa shape index (κ2) is 11.3. The van der Waals surface area contributed by atoms with Gasteiger partial charge in [0.15, 0.2) is 0 Å². The molecule has 29 heavy (non-hydrogen) atoms. The van der Waals surface area contributed by atoms with Crippen LogP contribution in [0.3, 0.4) is 0 Å². The summed E-state index contributed by atoms with van der Waals surface area (Å²) in [6, 6.07) is 12.1. The van der Waals surface area contributed by atoms with Gasteiger partial charge in [0, 0.05) is 31.5 Å². The monoisotopic (exact) mass is 415 g/mol. The molecule has 0 atom stereocenters. The molecule has 2 aromatic carbocycles. The molecule has 0 bridgehead atoms. The van der Waals surface area contributed by atoms with Crippen molar-refractivity contribution in [3.8, 4) is 11.8 Å². The smallest absolute Gasteiger partial charge is 0.329 e. The van der Waals surface area contributed by atoms with Crippen molar-refractivity contribution >= 4 is 41.6 Å². The van der Waals surface area contributed by atoms with E-state index in [1.54, 1.807) is 18.2 Å². The van der Waals surface area contributed by atoms with Crippen molar-refractivity contribution in [3.63, 3.8) is 0 Å². The van der Waals surface area contributed by atoms with E-state index in [9.17, 15) is 14.4 Å². The largest absolute Gasteiger partial charge is 0.333 e. The molecular formula is C20H22ClN5O3. The predicted octanol–water partition coefficient (Wildman–Crippen LogP) is 2.10. The number of carbonyl (C=O) groups excluding carboxylic acids is 3. The Balaban J connectivity index is 0.00000420. The number of rotatable bonds is 4. The molecule has 0 saturated carbocycles. The standard InChI is InChI=1S/C20H21N5O3.ClH/c1-13(26)23-18-10-9-16(11-19(18)24-14(2)27)6-3-15-4-7-17(8-5-15)12-22-20(28)25-21;/h4-5,7-11H,12,21H2,1-2H3,(H,23,26)(H,24,27)(H2,22,25,28);1H. The minimum atomic E-state index is -0.457. The summed E-state index contributed by atoms with van der Waals surface area (Å²) >= 11 is 0. The lowest BCUT2D eigenvalue weighted by molar-refractivity contribution is -0.115. The molecule has 0 fully saturated rings. The summed E-state index contributed by atoms with van der Waals surface area (Å²) in [6.07, 6.45) is 0. The van der Waals surface area contributed by atoms with Crippen LogP contribution in [0.1, 0.15) is 30.5 Å². The quantitative estimate of drug-likeness (QED) is 0.227. The zero-order valence-electron chi connectivity index (χ0n) is 16.0. The van der Waals surface area contributed by atoms with Crippen LogP contribution >= 0.6 is 12.4 Å².